The fourth-order valence-corrected chi connectivity index (χ4v) is 2.01. The van der Waals surface area contributed by atoms with Gasteiger partial charge < -0.3 is 10.2 Å². The molecular formula is C12H24N2O. The molecule has 88 valence electrons. The van der Waals surface area contributed by atoms with Gasteiger partial charge in [0.15, 0.2) is 0 Å². The highest BCUT2D eigenvalue weighted by Crippen LogP contribution is 2.19. The van der Waals surface area contributed by atoms with Crippen molar-refractivity contribution < 1.29 is 4.79 Å². The van der Waals surface area contributed by atoms with Crippen LogP contribution < -0.4 is 5.32 Å². The number of nitrogens with zero attached hydrogens (tertiary/aromatic N) is 1. The molecule has 1 amide bonds. The Morgan fingerprint density at radius 2 is 2.07 bits per heavy atom. The number of likely N-dealkylation sites (tertiary alicyclic amines) is 1. The standard InChI is InChI=1S/C12H24N2O/c1-3-4-7-13-12(15)10-11-5-8-14(2)9-6-11/h11H,3-10H2,1-2H3,(H,13,15). The summed E-state index contributed by atoms with van der Waals surface area (Å²) < 4.78 is 0. The van der Waals surface area contributed by atoms with Crippen molar-refractivity contribution in [3.05, 3.63) is 0 Å². The molecule has 15 heavy (non-hydrogen) atoms. The number of amides is 1. The molecule has 1 aliphatic heterocycles. The number of carbonyl (C=O) groups excluding carboxylic acids is 1. The van der Waals surface area contributed by atoms with E-state index in [1.807, 2.05) is 0 Å². The number of unbranched alkanes of at least 4 members (excludes halogenated alkanes) is 1. The molecule has 0 aromatic carbocycles. The Hall–Kier alpha value is -0.570. The highest BCUT2D eigenvalue weighted by Gasteiger charge is 2.18. The van der Waals surface area contributed by atoms with Crippen molar-refractivity contribution in [1.29, 1.82) is 0 Å². The fourth-order valence-electron chi connectivity index (χ4n) is 2.01. The van der Waals surface area contributed by atoms with Crippen LogP contribution in [0.5, 0.6) is 0 Å². The summed E-state index contributed by atoms with van der Waals surface area (Å²) in [7, 11) is 2.15. The molecule has 0 atom stereocenters. The summed E-state index contributed by atoms with van der Waals surface area (Å²) in [6.07, 6.45) is 5.33. The first kappa shape index (κ1) is 12.5. The largest absolute Gasteiger partial charge is 0.356 e. The quantitative estimate of drug-likeness (QED) is 0.703. The van der Waals surface area contributed by atoms with E-state index in [0.29, 0.717) is 5.92 Å². The minimum Gasteiger partial charge on any atom is -0.356 e. The molecule has 0 aromatic rings. The Kier molecular flexibility index (Phi) is 5.69. The molecule has 1 aliphatic rings. The van der Waals surface area contributed by atoms with Crippen LogP contribution in [0.2, 0.25) is 0 Å². The molecule has 1 rings (SSSR count). The monoisotopic (exact) mass is 212 g/mol. The number of nitrogens with one attached hydrogen (secondary N) is 1. The second kappa shape index (κ2) is 6.83. The minimum atomic E-state index is 0.248. The first-order chi connectivity index (χ1) is 7.22. The molecule has 1 fully saturated rings. The van der Waals surface area contributed by atoms with E-state index >= 15 is 0 Å². The molecular weight excluding hydrogens is 188 g/mol. The second-order valence-electron chi connectivity index (χ2n) is 4.65. The molecule has 0 spiro atoms. The van der Waals surface area contributed by atoms with Crippen LogP contribution in [-0.4, -0.2) is 37.5 Å². The van der Waals surface area contributed by atoms with E-state index in [2.05, 4.69) is 24.2 Å². The average Bonchev–Trinajstić information content (AvgIpc) is 2.22. The third-order valence-electron chi connectivity index (χ3n) is 3.16. The molecule has 0 radical (unpaired) electrons. The Labute approximate surface area is 93.2 Å². The third kappa shape index (κ3) is 5.17. The van der Waals surface area contributed by atoms with Crippen molar-refractivity contribution in [3.63, 3.8) is 0 Å². The number of rotatable bonds is 5. The van der Waals surface area contributed by atoms with Crippen LogP contribution in [0.25, 0.3) is 0 Å². The van der Waals surface area contributed by atoms with Gasteiger partial charge in [0.2, 0.25) is 5.91 Å². The zero-order chi connectivity index (χ0) is 11.1. The summed E-state index contributed by atoms with van der Waals surface area (Å²) in [5.41, 5.74) is 0. The van der Waals surface area contributed by atoms with Crippen LogP contribution >= 0.6 is 0 Å². The van der Waals surface area contributed by atoms with E-state index in [-0.39, 0.29) is 5.91 Å². The number of hydrogen-bond acceptors (Lipinski definition) is 2. The molecule has 1 heterocycles. The van der Waals surface area contributed by atoms with Crippen LogP contribution in [0, 0.1) is 5.92 Å². The van der Waals surface area contributed by atoms with Crippen LogP contribution in [0.15, 0.2) is 0 Å². The molecule has 0 aromatic heterocycles. The average molecular weight is 212 g/mol. The van der Waals surface area contributed by atoms with Gasteiger partial charge in [-0.05, 0) is 45.3 Å². The molecule has 0 bridgehead atoms. The van der Waals surface area contributed by atoms with Crippen molar-refractivity contribution in [3.8, 4) is 0 Å². The van der Waals surface area contributed by atoms with Crippen LogP contribution in [-0.2, 0) is 4.79 Å². The van der Waals surface area contributed by atoms with Crippen LogP contribution in [0.4, 0.5) is 0 Å². The summed E-state index contributed by atoms with van der Waals surface area (Å²) in [6, 6.07) is 0. The lowest BCUT2D eigenvalue weighted by Crippen LogP contribution is -2.33. The molecule has 1 saturated heterocycles. The molecule has 3 nitrogen and oxygen atoms in total. The summed E-state index contributed by atoms with van der Waals surface area (Å²) in [6.45, 7) is 5.28. The smallest absolute Gasteiger partial charge is 0.220 e. The third-order valence-corrected chi connectivity index (χ3v) is 3.16. The predicted molar refractivity (Wildman–Crippen MR) is 62.8 cm³/mol. The zero-order valence-corrected chi connectivity index (χ0v) is 10.1. The van der Waals surface area contributed by atoms with Gasteiger partial charge in [0.1, 0.15) is 0 Å². The SMILES string of the molecule is CCCCNC(=O)CC1CCN(C)CC1. The van der Waals surface area contributed by atoms with Gasteiger partial charge in [-0.3, -0.25) is 4.79 Å². The van der Waals surface area contributed by atoms with Crippen molar-refractivity contribution >= 4 is 5.91 Å². The predicted octanol–water partition coefficient (Wildman–Crippen LogP) is 1.63. The minimum absolute atomic E-state index is 0.248. The Balaban J connectivity index is 2.09. The van der Waals surface area contributed by atoms with Gasteiger partial charge in [0.25, 0.3) is 0 Å². The van der Waals surface area contributed by atoms with Gasteiger partial charge in [-0.25, -0.2) is 0 Å². The Morgan fingerprint density at radius 3 is 2.67 bits per heavy atom. The number of carbonyl (C=O) groups is 1. The summed E-state index contributed by atoms with van der Waals surface area (Å²) in [4.78, 5) is 13.9. The van der Waals surface area contributed by atoms with Gasteiger partial charge in [-0.15, -0.1) is 0 Å². The normalized spacial score (nSPS) is 19.1. The van der Waals surface area contributed by atoms with Gasteiger partial charge in [-0.2, -0.15) is 0 Å². The Morgan fingerprint density at radius 1 is 1.40 bits per heavy atom. The highest BCUT2D eigenvalue weighted by atomic mass is 16.1. The lowest BCUT2D eigenvalue weighted by Gasteiger charge is -2.28. The topological polar surface area (TPSA) is 32.3 Å². The van der Waals surface area contributed by atoms with E-state index in [4.69, 9.17) is 0 Å². The van der Waals surface area contributed by atoms with E-state index in [1.165, 1.54) is 12.8 Å². The summed E-state index contributed by atoms with van der Waals surface area (Å²) >= 11 is 0. The fraction of sp³-hybridized carbons (Fsp3) is 0.917. The van der Waals surface area contributed by atoms with Crippen molar-refractivity contribution in [2.24, 2.45) is 5.92 Å². The lowest BCUT2D eigenvalue weighted by atomic mass is 9.93. The first-order valence-electron chi connectivity index (χ1n) is 6.17. The van der Waals surface area contributed by atoms with E-state index in [1.54, 1.807) is 0 Å². The van der Waals surface area contributed by atoms with Gasteiger partial charge in [-0.1, -0.05) is 13.3 Å². The van der Waals surface area contributed by atoms with E-state index < -0.39 is 0 Å². The second-order valence-corrected chi connectivity index (χ2v) is 4.65. The molecule has 3 heteroatoms. The summed E-state index contributed by atoms with van der Waals surface area (Å²) in [5.74, 6) is 0.862. The maximum Gasteiger partial charge on any atom is 0.220 e. The van der Waals surface area contributed by atoms with Crippen LogP contribution in [0.3, 0.4) is 0 Å². The van der Waals surface area contributed by atoms with Crippen molar-refractivity contribution in [1.82, 2.24) is 10.2 Å². The van der Waals surface area contributed by atoms with Crippen molar-refractivity contribution in [2.75, 3.05) is 26.7 Å². The molecule has 0 saturated carbocycles. The van der Waals surface area contributed by atoms with E-state index in [9.17, 15) is 4.79 Å². The highest BCUT2D eigenvalue weighted by molar-refractivity contribution is 5.76. The molecule has 0 aliphatic carbocycles. The summed E-state index contributed by atoms with van der Waals surface area (Å²) in [5, 5.41) is 2.99. The maximum atomic E-state index is 11.5. The van der Waals surface area contributed by atoms with Crippen LogP contribution in [0.1, 0.15) is 39.0 Å². The molecule has 1 N–H and O–H groups in total. The maximum absolute atomic E-state index is 11.5. The van der Waals surface area contributed by atoms with Gasteiger partial charge >= 0.3 is 0 Å². The number of hydrogen-bond donors (Lipinski definition) is 1. The van der Waals surface area contributed by atoms with Crippen molar-refractivity contribution in [2.45, 2.75) is 39.0 Å². The van der Waals surface area contributed by atoms with E-state index in [0.717, 1.165) is 38.9 Å². The van der Waals surface area contributed by atoms with Gasteiger partial charge in [0.05, 0.1) is 0 Å². The zero-order valence-electron chi connectivity index (χ0n) is 10.1. The van der Waals surface area contributed by atoms with Gasteiger partial charge in [0, 0.05) is 13.0 Å². The Bertz CT molecular complexity index is 186. The number of piperidine rings is 1. The molecule has 0 unspecified atom stereocenters. The lowest BCUT2D eigenvalue weighted by molar-refractivity contribution is -0.122. The first-order valence-corrected chi connectivity index (χ1v) is 6.17.